The number of halogens is 1. The third-order valence-electron chi connectivity index (χ3n) is 4.84. The van der Waals surface area contributed by atoms with E-state index in [0.29, 0.717) is 11.6 Å². The van der Waals surface area contributed by atoms with E-state index in [0.717, 1.165) is 31.1 Å². The van der Waals surface area contributed by atoms with Gasteiger partial charge in [-0.05, 0) is 68.5 Å². The molecular weight excluding hydrogens is 353 g/mol. The number of nitrogens with zero attached hydrogens (tertiary/aromatic N) is 2. The Labute approximate surface area is 154 Å². The molecule has 1 aromatic heterocycles. The topological polar surface area (TPSA) is 62.3 Å². The lowest BCUT2D eigenvalue weighted by Crippen LogP contribution is -2.39. The van der Waals surface area contributed by atoms with Gasteiger partial charge in [-0.3, -0.25) is 4.72 Å². The molecule has 0 spiro atoms. The Bertz CT molecular complexity index is 869. The Morgan fingerprint density at radius 1 is 1.27 bits per heavy atom. The van der Waals surface area contributed by atoms with Gasteiger partial charge in [-0.1, -0.05) is 6.92 Å². The molecule has 2 aromatic rings. The van der Waals surface area contributed by atoms with Gasteiger partial charge in [0, 0.05) is 12.6 Å². The maximum Gasteiger partial charge on any atom is 0.263 e. The average Bonchev–Trinajstić information content (AvgIpc) is 2.61. The van der Waals surface area contributed by atoms with Crippen LogP contribution in [0.1, 0.15) is 38.2 Å². The molecule has 0 radical (unpaired) electrons. The molecule has 1 unspecified atom stereocenters. The lowest BCUT2D eigenvalue weighted by Gasteiger charge is -2.37. The number of anilines is 2. The van der Waals surface area contributed by atoms with Gasteiger partial charge in [0.2, 0.25) is 0 Å². The first-order valence-electron chi connectivity index (χ1n) is 8.92. The molecule has 140 valence electrons. The Morgan fingerprint density at radius 2 is 2.08 bits per heavy atom. The second-order valence-electron chi connectivity index (χ2n) is 6.67. The highest BCUT2D eigenvalue weighted by Crippen LogP contribution is 2.27. The average molecular weight is 377 g/mol. The third kappa shape index (κ3) is 3.98. The van der Waals surface area contributed by atoms with Crippen LogP contribution in [-0.2, 0) is 10.0 Å². The number of sulfonamides is 1. The van der Waals surface area contributed by atoms with Crippen LogP contribution in [0.15, 0.2) is 41.4 Å². The van der Waals surface area contributed by atoms with E-state index in [2.05, 4.69) is 21.5 Å². The van der Waals surface area contributed by atoms with Gasteiger partial charge in [0.15, 0.2) is 0 Å². The summed E-state index contributed by atoms with van der Waals surface area (Å²) in [6, 6.07) is 7.69. The zero-order valence-electron chi connectivity index (χ0n) is 15.1. The van der Waals surface area contributed by atoms with E-state index in [1.54, 1.807) is 19.2 Å². The van der Waals surface area contributed by atoms with Crippen molar-refractivity contribution in [1.29, 1.82) is 0 Å². The first-order chi connectivity index (χ1) is 12.4. The number of hydrogen-bond donors (Lipinski definition) is 1. The molecule has 1 atom stereocenters. The highest BCUT2D eigenvalue weighted by atomic mass is 32.2. The van der Waals surface area contributed by atoms with E-state index in [-0.39, 0.29) is 10.7 Å². The minimum absolute atomic E-state index is 0.0480. The summed E-state index contributed by atoms with van der Waals surface area (Å²) >= 11 is 0. The van der Waals surface area contributed by atoms with Crippen LogP contribution in [0.25, 0.3) is 0 Å². The van der Waals surface area contributed by atoms with Crippen LogP contribution in [0.3, 0.4) is 0 Å². The molecule has 1 N–H and O–H groups in total. The normalized spacial score (nSPS) is 18.0. The van der Waals surface area contributed by atoms with Crippen molar-refractivity contribution >= 4 is 21.5 Å². The monoisotopic (exact) mass is 377 g/mol. The summed E-state index contributed by atoms with van der Waals surface area (Å²) in [5.74, 6) is -0.210. The minimum atomic E-state index is -3.81. The molecule has 1 aliphatic heterocycles. The summed E-state index contributed by atoms with van der Waals surface area (Å²) < 4.78 is 40.8. The molecule has 0 bridgehead atoms. The smallest absolute Gasteiger partial charge is 0.263 e. The van der Waals surface area contributed by atoms with Gasteiger partial charge in [0.1, 0.15) is 11.6 Å². The number of nitrogens with one attached hydrogen (secondary N) is 1. The molecule has 0 amide bonds. The second-order valence-corrected chi connectivity index (χ2v) is 8.32. The Balaban J connectivity index is 1.78. The van der Waals surface area contributed by atoms with Crippen molar-refractivity contribution < 1.29 is 12.8 Å². The van der Waals surface area contributed by atoms with Crippen LogP contribution in [-0.4, -0.2) is 26.0 Å². The SMILES string of the molecule is CCC1CCCCN1c1ccc(NS(=O)(=O)c2ccc(F)cc2C)nc1. The predicted octanol–water partition coefficient (Wildman–Crippen LogP) is 4.10. The fourth-order valence-corrected chi connectivity index (χ4v) is 4.72. The van der Waals surface area contributed by atoms with Gasteiger partial charge >= 0.3 is 0 Å². The molecule has 3 rings (SSSR count). The van der Waals surface area contributed by atoms with Gasteiger partial charge in [0.25, 0.3) is 10.0 Å². The summed E-state index contributed by atoms with van der Waals surface area (Å²) in [5, 5.41) is 0. The van der Waals surface area contributed by atoms with Crippen molar-refractivity contribution in [3.8, 4) is 0 Å². The van der Waals surface area contributed by atoms with Crippen LogP contribution in [0.2, 0.25) is 0 Å². The van der Waals surface area contributed by atoms with Crippen molar-refractivity contribution in [2.45, 2.75) is 50.5 Å². The first kappa shape index (κ1) is 18.6. The number of pyridine rings is 1. The summed E-state index contributed by atoms with van der Waals surface area (Å²) in [7, 11) is -3.81. The molecule has 2 heterocycles. The van der Waals surface area contributed by atoms with E-state index >= 15 is 0 Å². The van der Waals surface area contributed by atoms with Crippen molar-refractivity contribution in [2.24, 2.45) is 0 Å². The predicted molar refractivity (Wildman–Crippen MR) is 101 cm³/mol. The first-order valence-corrected chi connectivity index (χ1v) is 10.4. The minimum Gasteiger partial charge on any atom is -0.367 e. The van der Waals surface area contributed by atoms with Crippen molar-refractivity contribution in [1.82, 2.24) is 4.98 Å². The molecule has 1 saturated heterocycles. The lowest BCUT2D eigenvalue weighted by molar-refractivity contribution is 0.449. The van der Waals surface area contributed by atoms with Gasteiger partial charge in [-0.2, -0.15) is 0 Å². The van der Waals surface area contributed by atoms with Gasteiger partial charge in [-0.25, -0.2) is 17.8 Å². The number of aryl methyl sites for hydroxylation is 1. The summed E-state index contributed by atoms with van der Waals surface area (Å²) in [4.78, 5) is 6.67. The van der Waals surface area contributed by atoms with E-state index < -0.39 is 15.8 Å². The number of benzene rings is 1. The van der Waals surface area contributed by atoms with Crippen molar-refractivity contribution in [2.75, 3.05) is 16.2 Å². The van der Waals surface area contributed by atoms with Crippen LogP contribution < -0.4 is 9.62 Å². The molecule has 0 saturated carbocycles. The molecule has 26 heavy (non-hydrogen) atoms. The zero-order valence-corrected chi connectivity index (χ0v) is 15.9. The molecule has 0 aliphatic carbocycles. The van der Waals surface area contributed by atoms with E-state index in [1.165, 1.54) is 25.0 Å². The molecule has 1 fully saturated rings. The number of piperidine rings is 1. The molecule has 5 nitrogen and oxygen atoms in total. The largest absolute Gasteiger partial charge is 0.367 e. The van der Waals surface area contributed by atoms with Crippen molar-refractivity contribution in [3.63, 3.8) is 0 Å². The standard InChI is InChI=1S/C19H24FN3O2S/c1-3-16-6-4-5-11-23(16)17-8-10-19(21-13-17)22-26(24,25)18-9-7-15(20)12-14(18)2/h7-10,12-13,16H,3-6,11H2,1-2H3,(H,21,22). The summed E-state index contributed by atoms with van der Waals surface area (Å²) in [6.45, 7) is 4.75. The Morgan fingerprint density at radius 3 is 2.73 bits per heavy atom. The summed E-state index contributed by atoms with van der Waals surface area (Å²) in [5.41, 5.74) is 1.37. The van der Waals surface area contributed by atoms with Gasteiger partial charge in [-0.15, -0.1) is 0 Å². The summed E-state index contributed by atoms with van der Waals surface area (Å²) in [6.07, 6.45) is 6.38. The van der Waals surface area contributed by atoms with Gasteiger partial charge in [0.05, 0.1) is 16.8 Å². The molecule has 1 aliphatic rings. The van der Waals surface area contributed by atoms with Crippen LogP contribution >= 0.6 is 0 Å². The number of rotatable bonds is 5. The fraction of sp³-hybridized carbons (Fsp3) is 0.421. The van der Waals surface area contributed by atoms with E-state index in [1.807, 2.05) is 6.07 Å². The van der Waals surface area contributed by atoms with Crippen LogP contribution in [0.5, 0.6) is 0 Å². The maximum atomic E-state index is 13.2. The number of aromatic nitrogens is 1. The number of hydrogen-bond acceptors (Lipinski definition) is 4. The molecular formula is C19H24FN3O2S. The quantitative estimate of drug-likeness (QED) is 0.852. The Hall–Kier alpha value is -2.15. The van der Waals surface area contributed by atoms with E-state index in [4.69, 9.17) is 0 Å². The van der Waals surface area contributed by atoms with Crippen LogP contribution in [0, 0.1) is 12.7 Å². The molecule has 1 aromatic carbocycles. The van der Waals surface area contributed by atoms with E-state index in [9.17, 15) is 12.8 Å². The maximum absolute atomic E-state index is 13.2. The second kappa shape index (κ2) is 7.61. The van der Waals surface area contributed by atoms with Crippen LogP contribution in [0.4, 0.5) is 15.9 Å². The van der Waals surface area contributed by atoms with Gasteiger partial charge < -0.3 is 4.90 Å². The fourth-order valence-electron chi connectivity index (χ4n) is 3.49. The Kier molecular flexibility index (Phi) is 5.46. The zero-order chi connectivity index (χ0) is 18.7. The lowest BCUT2D eigenvalue weighted by atomic mass is 9.99. The van der Waals surface area contributed by atoms with Crippen molar-refractivity contribution in [3.05, 3.63) is 47.9 Å². The highest BCUT2D eigenvalue weighted by molar-refractivity contribution is 7.92. The molecule has 7 heteroatoms. The highest BCUT2D eigenvalue weighted by Gasteiger charge is 2.22. The third-order valence-corrected chi connectivity index (χ3v) is 6.36.